The Morgan fingerprint density at radius 3 is 2.93 bits per heavy atom. The topological polar surface area (TPSA) is 3.24 Å². The molecule has 78 valence electrons. The van der Waals surface area contributed by atoms with Crippen LogP contribution in [0.1, 0.15) is 17.5 Å². The van der Waals surface area contributed by atoms with Crippen molar-refractivity contribution in [2.24, 2.45) is 0 Å². The molecule has 1 heteroatoms. The Morgan fingerprint density at radius 1 is 1.33 bits per heavy atom. The minimum Gasteiger partial charge on any atom is -0.371 e. The summed E-state index contributed by atoms with van der Waals surface area (Å²) in [5.74, 6) is 0. The van der Waals surface area contributed by atoms with Gasteiger partial charge in [0.25, 0.3) is 0 Å². The zero-order chi connectivity index (χ0) is 10.7. The summed E-state index contributed by atoms with van der Waals surface area (Å²) in [5.41, 5.74) is 3.91. The molecular weight excluding hydrogens is 182 g/mol. The van der Waals surface area contributed by atoms with Crippen LogP contribution in [0.2, 0.25) is 0 Å². The first kappa shape index (κ1) is 10.0. The fourth-order valence-electron chi connectivity index (χ4n) is 2.07. The molecule has 1 aromatic carbocycles. The fourth-order valence-corrected chi connectivity index (χ4v) is 2.07. The van der Waals surface area contributed by atoms with E-state index < -0.39 is 0 Å². The van der Waals surface area contributed by atoms with Crippen LogP contribution in [0, 0.1) is 0 Å². The summed E-state index contributed by atoms with van der Waals surface area (Å²) in [7, 11) is 0. The van der Waals surface area contributed by atoms with Gasteiger partial charge in [-0.1, -0.05) is 36.9 Å². The van der Waals surface area contributed by atoms with Gasteiger partial charge in [-0.05, 0) is 18.4 Å². The molecule has 1 aliphatic rings. The molecule has 0 bridgehead atoms. The predicted octanol–water partition coefficient (Wildman–Crippen LogP) is 3.09. The van der Waals surface area contributed by atoms with Gasteiger partial charge in [0.05, 0.1) is 0 Å². The smallest absolute Gasteiger partial charge is 0.0369 e. The molecule has 1 aromatic rings. The molecule has 0 aliphatic carbocycles. The average molecular weight is 199 g/mol. The molecule has 0 atom stereocenters. The van der Waals surface area contributed by atoms with E-state index in [9.17, 15) is 0 Å². The first-order valence-electron chi connectivity index (χ1n) is 5.46. The molecule has 0 spiro atoms. The summed E-state index contributed by atoms with van der Waals surface area (Å²) in [5, 5.41) is 0. The zero-order valence-corrected chi connectivity index (χ0v) is 9.08. The van der Waals surface area contributed by atoms with Gasteiger partial charge in [-0.15, -0.1) is 6.58 Å². The van der Waals surface area contributed by atoms with Crippen LogP contribution in [-0.2, 0) is 6.42 Å². The molecule has 0 amide bonds. The van der Waals surface area contributed by atoms with Crippen molar-refractivity contribution in [2.75, 3.05) is 13.1 Å². The van der Waals surface area contributed by atoms with E-state index in [1.807, 2.05) is 6.08 Å². The van der Waals surface area contributed by atoms with Gasteiger partial charge in [0, 0.05) is 24.4 Å². The molecule has 0 fully saturated rings. The lowest BCUT2D eigenvalue weighted by Gasteiger charge is -2.32. The van der Waals surface area contributed by atoms with Crippen LogP contribution < -0.4 is 0 Å². The maximum absolute atomic E-state index is 4.18. The van der Waals surface area contributed by atoms with E-state index in [0.29, 0.717) is 0 Å². The summed E-state index contributed by atoms with van der Waals surface area (Å²) >= 11 is 0. The molecule has 0 aromatic heterocycles. The van der Waals surface area contributed by atoms with Gasteiger partial charge in [0.15, 0.2) is 0 Å². The van der Waals surface area contributed by atoms with Gasteiger partial charge >= 0.3 is 0 Å². The van der Waals surface area contributed by atoms with Crippen LogP contribution >= 0.6 is 0 Å². The third-order valence-electron chi connectivity index (χ3n) is 2.96. The number of nitrogens with zero attached hydrogens (tertiary/aromatic N) is 1. The summed E-state index contributed by atoms with van der Waals surface area (Å²) < 4.78 is 0. The molecule has 15 heavy (non-hydrogen) atoms. The Labute approximate surface area is 91.7 Å². The van der Waals surface area contributed by atoms with Gasteiger partial charge < -0.3 is 4.90 Å². The van der Waals surface area contributed by atoms with Gasteiger partial charge in [-0.25, -0.2) is 0 Å². The normalized spacial score (nSPS) is 14.9. The minimum absolute atomic E-state index is 1.03. The van der Waals surface area contributed by atoms with E-state index in [0.717, 1.165) is 25.9 Å². The van der Waals surface area contributed by atoms with Crippen molar-refractivity contribution >= 4 is 5.70 Å². The molecule has 0 saturated carbocycles. The highest BCUT2D eigenvalue weighted by Crippen LogP contribution is 2.26. The van der Waals surface area contributed by atoms with Crippen molar-refractivity contribution in [3.8, 4) is 0 Å². The standard InChI is InChI=1S/C14H17N/c1-3-4-10-15-11-9-13-7-5-6-8-14(13)12(15)2/h3,5-8H,1-2,4,9-11H2. The third kappa shape index (κ3) is 1.96. The number of hydrogen-bond acceptors (Lipinski definition) is 1. The summed E-state index contributed by atoms with van der Waals surface area (Å²) in [4.78, 5) is 2.35. The van der Waals surface area contributed by atoms with E-state index in [4.69, 9.17) is 0 Å². The zero-order valence-electron chi connectivity index (χ0n) is 9.08. The average Bonchev–Trinajstić information content (AvgIpc) is 2.29. The van der Waals surface area contributed by atoms with E-state index in [1.165, 1.54) is 16.8 Å². The second-order valence-electron chi connectivity index (χ2n) is 3.92. The quantitative estimate of drug-likeness (QED) is 0.676. The largest absolute Gasteiger partial charge is 0.371 e. The molecule has 0 radical (unpaired) electrons. The van der Waals surface area contributed by atoms with Crippen molar-refractivity contribution in [2.45, 2.75) is 12.8 Å². The van der Waals surface area contributed by atoms with Crippen molar-refractivity contribution in [3.05, 3.63) is 54.6 Å². The second-order valence-corrected chi connectivity index (χ2v) is 3.92. The number of hydrogen-bond donors (Lipinski definition) is 0. The Bertz CT molecular complexity index is 379. The van der Waals surface area contributed by atoms with E-state index in [2.05, 4.69) is 42.3 Å². The van der Waals surface area contributed by atoms with Crippen molar-refractivity contribution in [3.63, 3.8) is 0 Å². The van der Waals surface area contributed by atoms with Crippen molar-refractivity contribution in [1.82, 2.24) is 4.90 Å². The maximum Gasteiger partial charge on any atom is 0.0369 e. The van der Waals surface area contributed by atoms with Crippen LogP contribution in [0.15, 0.2) is 43.5 Å². The lowest BCUT2D eigenvalue weighted by molar-refractivity contribution is 0.398. The van der Waals surface area contributed by atoms with E-state index in [-0.39, 0.29) is 0 Å². The first-order chi connectivity index (χ1) is 7.33. The first-order valence-corrected chi connectivity index (χ1v) is 5.46. The van der Waals surface area contributed by atoms with Crippen LogP contribution in [-0.4, -0.2) is 18.0 Å². The monoisotopic (exact) mass is 199 g/mol. The summed E-state index contributed by atoms with van der Waals surface area (Å²) in [6.45, 7) is 10.1. The fraction of sp³-hybridized carbons (Fsp3) is 0.286. The van der Waals surface area contributed by atoms with Crippen molar-refractivity contribution in [1.29, 1.82) is 0 Å². The molecular formula is C14H17N. The van der Waals surface area contributed by atoms with Gasteiger partial charge in [0.1, 0.15) is 0 Å². The van der Waals surface area contributed by atoms with Crippen LogP contribution in [0.3, 0.4) is 0 Å². The van der Waals surface area contributed by atoms with Gasteiger partial charge in [-0.3, -0.25) is 0 Å². The highest BCUT2D eigenvalue weighted by atomic mass is 15.1. The highest BCUT2D eigenvalue weighted by molar-refractivity contribution is 5.66. The predicted molar refractivity (Wildman–Crippen MR) is 65.6 cm³/mol. The summed E-state index contributed by atoms with van der Waals surface area (Å²) in [6, 6.07) is 8.55. The summed E-state index contributed by atoms with van der Waals surface area (Å²) in [6.07, 6.45) is 4.13. The number of rotatable bonds is 3. The van der Waals surface area contributed by atoms with Crippen LogP contribution in [0.4, 0.5) is 0 Å². The second kappa shape index (κ2) is 4.35. The maximum atomic E-state index is 4.18. The third-order valence-corrected chi connectivity index (χ3v) is 2.96. The SMILES string of the molecule is C=CCCN1CCc2ccccc2C1=C. The molecule has 2 rings (SSSR count). The van der Waals surface area contributed by atoms with Crippen molar-refractivity contribution < 1.29 is 0 Å². The number of benzene rings is 1. The Kier molecular flexibility index (Phi) is 2.91. The molecule has 1 heterocycles. The Hall–Kier alpha value is -1.50. The molecule has 1 nitrogen and oxygen atoms in total. The van der Waals surface area contributed by atoms with Crippen LogP contribution in [0.25, 0.3) is 5.70 Å². The van der Waals surface area contributed by atoms with Gasteiger partial charge in [-0.2, -0.15) is 0 Å². The highest BCUT2D eigenvalue weighted by Gasteiger charge is 2.17. The molecule has 0 unspecified atom stereocenters. The Balaban J connectivity index is 2.18. The van der Waals surface area contributed by atoms with Crippen LogP contribution in [0.5, 0.6) is 0 Å². The van der Waals surface area contributed by atoms with E-state index in [1.54, 1.807) is 0 Å². The lowest BCUT2D eigenvalue weighted by atomic mass is 9.97. The molecule has 1 aliphatic heterocycles. The van der Waals surface area contributed by atoms with E-state index >= 15 is 0 Å². The number of fused-ring (bicyclic) bond motifs is 1. The lowest BCUT2D eigenvalue weighted by Crippen LogP contribution is -2.29. The Morgan fingerprint density at radius 2 is 2.13 bits per heavy atom. The molecule has 0 saturated heterocycles. The molecule has 0 N–H and O–H groups in total. The van der Waals surface area contributed by atoms with Gasteiger partial charge in [0.2, 0.25) is 0 Å². The minimum atomic E-state index is 1.03.